The zero-order valence-electron chi connectivity index (χ0n) is 17.4. The highest BCUT2D eigenvalue weighted by Gasteiger charge is 2.20. The van der Waals surface area contributed by atoms with E-state index in [0.29, 0.717) is 24.5 Å². The Morgan fingerprint density at radius 2 is 1.88 bits per heavy atom. The molecule has 1 atom stereocenters. The van der Waals surface area contributed by atoms with Gasteiger partial charge in [0.1, 0.15) is 5.69 Å². The van der Waals surface area contributed by atoms with Crippen molar-refractivity contribution in [3.8, 4) is 0 Å². The average molecular weight is 475 g/mol. The molecule has 1 aromatic heterocycles. The second kappa shape index (κ2) is 10.7. The van der Waals surface area contributed by atoms with E-state index in [4.69, 9.17) is 11.6 Å². The van der Waals surface area contributed by atoms with Gasteiger partial charge in [0, 0.05) is 17.8 Å². The first-order valence-electron chi connectivity index (χ1n) is 9.84. The van der Waals surface area contributed by atoms with Crippen LogP contribution < -0.4 is 5.32 Å². The van der Waals surface area contributed by atoms with Gasteiger partial charge in [-0.1, -0.05) is 35.9 Å². The van der Waals surface area contributed by atoms with Crippen LogP contribution in [0.4, 0.5) is 0 Å². The van der Waals surface area contributed by atoms with Crippen LogP contribution in [0.2, 0.25) is 5.02 Å². The van der Waals surface area contributed by atoms with E-state index in [0.717, 1.165) is 11.1 Å². The van der Waals surface area contributed by atoms with Gasteiger partial charge in [-0.15, -0.1) is 0 Å². The molecular weight excluding hydrogens is 452 g/mol. The number of nitrogens with one attached hydrogen (secondary N) is 1. The summed E-state index contributed by atoms with van der Waals surface area (Å²) in [7, 11) is -2.59. The molecule has 0 fully saturated rings. The minimum absolute atomic E-state index is 0.0303. The normalized spacial score (nSPS) is 12.3. The number of hydrogen-bond acceptors (Lipinski definition) is 7. The van der Waals surface area contributed by atoms with Gasteiger partial charge in [0.05, 0.1) is 23.0 Å². The Hall–Kier alpha value is -2.78. The number of ether oxygens (including phenoxy) is 1. The van der Waals surface area contributed by atoms with Crippen LogP contribution in [-0.4, -0.2) is 44.7 Å². The van der Waals surface area contributed by atoms with Crippen molar-refractivity contribution in [1.29, 1.82) is 0 Å². The Morgan fingerprint density at radius 1 is 1.12 bits per heavy atom. The Bertz CT molecular complexity index is 1180. The highest BCUT2D eigenvalue weighted by Crippen LogP contribution is 2.22. The summed E-state index contributed by atoms with van der Waals surface area (Å²) in [5.74, 6) is -0.703. The molecule has 168 valence electrons. The van der Waals surface area contributed by atoms with E-state index in [2.05, 4.69) is 15.0 Å². The maximum absolute atomic E-state index is 12.9. The first-order chi connectivity index (χ1) is 15.3. The maximum Gasteiger partial charge on any atom is 0.356 e. The minimum atomic E-state index is -3.80. The second-order valence-corrected chi connectivity index (χ2v) is 9.43. The molecule has 2 N–H and O–H groups in total. The van der Waals surface area contributed by atoms with E-state index in [1.165, 1.54) is 37.6 Å². The molecule has 0 aliphatic rings. The Morgan fingerprint density at radius 3 is 2.56 bits per heavy atom. The van der Waals surface area contributed by atoms with Crippen molar-refractivity contribution in [3.63, 3.8) is 0 Å². The summed E-state index contributed by atoms with van der Waals surface area (Å²) in [6.45, 7) is 0.980. The molecule has 1 unspecified atom stereocenters. The lowest BCUT2D eigenvalue weighted by Gasteiger charge is -2.12. The third-order valence-electron chi connectivity index (χ3n) is 4.83. The van der Waals surface area contributed by atoms with Crippen LogP contribution in [0.3, 0.4) is 0 Å². The fourth-order valence-corrected chi connectivity index (χ4v) is 4.54. The number of aromatic nitrogens is 1. The molecule has 0 radical (unpaired) electrons. The molecule has 0 spiro atoms. The fourth-order valence-electron chi connectivity index (χ4n) is 3.07. The lowest BCUT2D eigenvalue weighted by Crippen LogP contribution is -2.23. The minimum Gasteiger partial charge on any atom is -0.464 e. The van der Waals surface area contributed by atoms with Crippen molar-refractivity contribution in [3.05, 3.63) is 88.7 Å². The molecule has 0 amide bonds. The van der Waals surface area contributed by atoms with Gasteiger partial charge < -0.3 is 15.2 Å². The standard InChI is InChI=1S/C23H23ClN2O5S/c1-31-23(28)21-14-20(10-12-26-21)32(29,30)19-7-5-16(6-8-19)9-11-25-15-22(27)17-3-2-4-18(24)13-17/h2-8,10,12-14,22,25,27H,9,11,15H2,1H3. The third kappa shape index (κ3) is 5.92. The van der Waals surface area contributed by atoms with Crippen molar-refractivity contribution >= 4 is 27.4 Å². The van der Waals surface area contributed by atoms with Gasteiger partial charge in [-0.05, 0) is 60.5 Å². The number of rotatable bonds is 9. The fraction of sp³-hybridized carbons (Fsp3) is 0.217. The number of hydrogen-bond donors (Lipinski definition) is 2. The van der Waals surface area contributed by atoms with Gasteiger partial charge in [0.25, 0.3) is 0 Å². The number of pyridine rings is 1. The molecule has 9 heteroatoms. The molecule has 0 bridgehead atoms. The number of aliphatic hydroxyl groups excluding tert-OH is 1. The van der Waals surface area contributed by atoms with Crippen LogP contribution >= 0.6 is 11.6 Å². The van der Waals surface area contributed by atoms with Crippen molar-refractivity contribution in [1.82, 2.24) is 10.3 Å². The maximum atomic E-state index is 12.9. The Labute approximate surface area is 192 Å². The number of nitrogens with zero attached hydrogens (tertiary/aromatic N) is 1. The molecule has 2 aromatic carbocycles. The molecule has 3 rings (SSSR count). The van der Waals surface area contributed by atoms with Crippen LogP contribution in [0.25, 0.3) is 0 Å². The molecule has 1 heterocycles. The van der Waals surface area contributed by atoms with E-state index < -0.39 is 21.9 Å². The van der Waals surface area contributed by atoms with Crippen LogP contribution in [0, 0.1) is 0 Å². The smallest absolute Gasteiger partial charge is 0.356 e. The van der Waals surface area contributed by atoms with Gasteiger partial charge in [-0.25, -0.2) is 18.2 Å². The first kappa shape index (κ1) is 23.9. The first-order valence-corrected chi connectivity index (χ1v) is 11.7. The van der Waals surface area contributed by atoms with E-state index in [-0.39, 0.29) is 15.5 Å². The summed E-state index contributed by atoms with van der Waals surface area (Å²) in [5, 5.41) is 14.0. The van der Waals surface area contributed by atoms with Crippen LogP contribution in [-0.2, 0) is 21.0 Å². The van der Waals surface area contributed by atoms with Crippen molar-refractivity contribution in [2.75, 3.05) is 20.2 Å². The Balaban J connectivity index is 1.58. The SMILES string of the molecule is COC(=O)c1cc(S(=O)(=O)c2ccc(CCNCC(O)c3cccc(Cl)c3)cc2)ccn1. The van der Waals surface area contributed by atoms with Gasteiger partial charge >= 0.3 is 5.97 Å². The largest absolute Gasteiger partial charge is 0.464 e. The molecule has 0 saturated carbocycles. The summed E-state index contributed by atoms with van der Waals surface area (Å²) in [6, 6.07) is 16.2. The molecule has 3 aromatic rings. The van der Waals surface area contributed by atoms with Gasteiger partial charge in [0.2, 0.25) is 9.84 Å². The summed E-state index contributed by atoms with van der Waals surface area (Å²) >= 11 is 5.94. The summed E-state index contributed by atoms with van der Waals surface area (Å²) in [4.78, 5) is 15.6. The van der Waals surface area contributed by atoms with Crippen LogP contribution in [0.15, 0.2) is 76.7 Å². The van der Waals surface area contributed by atoms with Gasteiger partial charge in [0.15, 0.2) is 0 Å². The molecule has 0 aliphatic carbocycles. The Kier molecular flexibility index (Phi) is 7.98. The highest BCUT2D eigenvalue weighted by molar-refractivity contribution is 7.91. The van der Waals surface area contributed by atoms with Crippen molar-refractivity contribution in [2.45, 2.75) is 22.3 Å². The zero-order valence-corrected chi connectivity index (χ0v) is 18.9. The monoisotopic (exact) mass is 474 g/mol. The highest BCUT2D eigenvalue weighted by atomic mass is 35.5. The van der Waals surface area contributed by atoms with E-state index in [9.17, 15) is 18.3 Å². The van der Waals surface area contributed by atoms with E-state index in [1.54, 1.807) is 30.3 Å². The zero-order chi connectivity index (χ0) is 23.1. The summed E-state index contributed by atoms with van der Waals surface area (Å²) in [6.07, 6.45) is 1.25. The summed E-state index contributed by atoms with van der Waals surface area (Å²) < 4.78 is 30.3. The number of sulfone groups is 1. The number of halogens is 1. The number of carbonyl (C=O) groups is 1. The van der Waals surface area contributed by atoms with Crippen LogP contribution in [0.1, 0.15) is 27.7 Å². The third-order valence-corrected chi connectivity index (χ3v) is 6.83. The van der Waals surface area contributed by atoms with E-state index in [1.807, 2.05) is 6.07 Å². The van der Waals surface area contributed by atoms with Gasteiger partial charge in [-0.2, -0.15) is 0 Å². The topological polar surface area (TPSA) is 106 Å². The average Bonchev–Trinajstić information content (AvgIpc) is 2.81. The number of methoxy groups -OCH3 is 1. The molecule has 0 aliphatic heterocycles. The molecular formula is C23H23ClN2O5S. The lowest BCUT2D eigenvalue weighted by molar-refractivity contribution is 0.0593. The number of esters is 1. The predicted molar refractivity (Wildman–Crippen MR) is 120 cm³/mol. The number of aliphatic hydroxyl groups is 1. The van der Waals surface area contributed by atoms with Crippen molar-refractivity contribution in [2.24, 2.45) is 0 Å². The molecule has 7 nitrogen and oxygen atoms in total. The predicted octanol–water partition coefficient (Wildman–Crippen LogP) is 3.22. The second-order valence-electron chi connectivity index (χ2n) is 7.04. The quantitative estimate of drug-likeness (QED) is 0.362. The van der Waals surface area contributed by atoms with Gasteiger partial charge in [-0.3, -0.25) is 0 Å². The number of carbonyl (C=O) groups excluding carboxylic acids is 1. The summed E-state index contributed by atoms with van der Waals surface area (Å²) in [5.41, 5.74) is 1.61. The van der Waals surface area contributed by atoms with Crippen LogP contribution in [0.5, 0.6) is 0 Å². The molecule has 0 saturated heterocycles. The van der Waals surface area contributed by atoms with Crippen molar-refractivity contribution < 1.29 is 23.1 Å². The molecule has 32 heavy (non-hydrogen) atoms. The lowest BCUT2D eigenvalue weighted by atomic mass is 10.1. The number of benzene rings is 2. The van der Waals surface area contributed by atoms with E-state index >= 15 is 0 Å².